The highest BCUT2D eigenvalue weighted by Gasteiger charge is 2.39. The average molecular weight is 318 g/mol. The first-order valence-electron chi connectivity index (χ1n) is 7.22. The maximum atomic E-state index is 12.4. The van der Waals surface area contributed by atoms with E-state index in [-0.39, 0.29) is 30.0 Å². The van der Waals surface area contributed by atoms with E-state index in [1.165, 1.54) is 0 Å². The second-order valence-electron chi connectivity index (χ2n) is 5.87. The molecule has 0 aromatic heterocycles. The van der Waals surface area contributed by atoms with Crippen molar-refractivity contribution in [1.29, 1.82) is 0 Å². The van der Waals surface area contributed by atoms with Crippen LogP contribution in [0, 0.1) is 5.92 Å². The van der Waals surface area contributed by atoms with E-state index in [9.17, 15) is 14.7 Å². The van der Waals surface area contributed by atoms with E-state index in [0.717, 1.165) is 6.42 Å². The molecule has 2 N–H and O–H groups in total. The molecule has 2 amide bonds. The van der Waals surface area contributed by atoms with Crippen molar-refractivity contribution in [2.75, 3.05) is 32.6 Å². The molecule has 0 aromatic rings. The van der Waals surface area contributed by atoms with Crippen LogP contribution in [0.5, 0.6) is 0 Å². The molecule has 1 fully saturated rings. The van der Waals surface area contributed by atoms with Gasteiger partial charge in [-0.2, -0.15) is 11.8 Å². The highest BCUT2D eigenvalue weighted by atomic mass is 32.2. The second kappa shape index (κ2) is 7.89. The molecule has 1 aliphatic heterocycles. The lowest BCUT2D eigenvalue weighted by molar-refractivity contribution is -0.142. The Bertz CT molecular complexity index is 376. The van der Waals surface area contributed by atoms with Crippen LogP contribution in [0.25, 0.3) is 0 Å². The largest absolute Gasteiger partial charge is 0.481 e. The van der Waals surface area contributed by atoms with Crippen LogP contribution in [0.1, 0.15) is 27.2 Å². The number of urea groups is 1. The van der Waals surface area contributed by atoms with E-state index >= 15 is 0 Å². The summed E-state index contributed by atoms with van der Waals surface area (Å²) in [5.41, 5.74) is 0. The van der Waals surface area contributed by atoms with E-state index in [1.807, 2.05) is 13.2 Å². The Morgan fingerprint density at radius 2 is 2.10 bits per heavy atom. The van der Waals surface area contributed by atoms with Gasteiger partial charge in [-0.05, 0) is 26.5 Å². The van der Waals surface area contributed by atoms with E-state index in [1.54, 1.807) is 16.7 Å². The van der Waals surface area contributed by atoms with Crippen LogP contribution in [0.3, 0.4) is 0 Å². The highest BCUT2D eigenvalue weighted by Crippen LogP contribution is 2.22. The molecule has 1 rings (SSSR count). The fraction of sp³-hybridized carbons (Fsp3) is 0.857. The molecule has 0 saturated carbocycles. The molecule has 0 spiro atoms. The molecule has 0 aliphatic carbocycles. The third-order valence-corrected chi connectivity index (χ3v) is 4.96. The fourth-order valence-electron chi connectivity index (χ4n) is 2.21. The predicted molar refractivity (Wildman–Crippen MR) is 83.7 cm³/mol. The van der Waals surface area contributed by atoms with Crippen LogP contribution in [0.2, 0.25) is 0 Å². The van der Waals surface area contributed by atoms with Crippen molar-refractivity contribution in [2.24, 2.45) is 5.92 Å². The topological polar surface area (TPSA) is 78.9 Å². The van der Waals surface area contributed by atoms with Crippen LogP contribution in [0.15, 0.2) is 0 Å². The summed E-state index contributed by atoms with van der Waals surface area (Å²) in [4.78, 5) is 25.3. The van der Waals surface area contributed by atoms with Gasteiger partial charge in [-0.1, -0.05) is 6.92 Å². The molecule has 21 heavy (non-hydrogen) atoms. The Labute approximate surface area is 130 Å². The molecule has 122 valence electrons. The first-order chi connectivity index (χ1) is 9.82. The van der Waals surface area contributed by atoms with Gasteiger partial charge < -0.3 is 20.1 Å². The third kappa shape index (κ3) is 5.07. The molecule has 1 aliphatic rings. The third-order valence-electron chi connectivity index (χ3n) is 3.71. The van der Waals surface area contributed by atoms with E-state index < -0.39 is 11.9 Å². The maximum Gasteiger partial charge on any atom is 0.317 e. The number of carboxylic acids is 1. The molecule has 1 heterocycles. The standard InChI is InChI=1S/C14H26N2O4S/c1-5-6-16(11-8-20-7-10(11)12(17)18)13(19)15-9-14(2,3)21-4/h10-11H,5-9H2,1-4H3,(H,15,19)(H,17,18). The van der Waals surface area contributed by atoms with Gasteiger partial charge in [0.05, 0.1) is 19.3 Å². The van der Waals surface area contributed by atoms with Gasteiger partial charge in [0, 0.05) is 17.8 Å². The molecule has 0 aromatic carbocycles. The Kier molecular flexibility index (Phi) is 6.80. The maximum absolute atomic E-state index is 12.4. The fourth-order valence-corrected chi connectivity index (χ4v) is 2.42. The Morgan fingerprint density at radius 3 is 2.62 bits per heavy atom. The van der Waals surface area contributed by atoms with Crippen LogP contribution in [-0.4, -0.2) is 65.4 Å². The number of nitrogens with zero attached hydrogens (tertiary/aromatic N) is 1. The number of aliphatic carboxylic acids is 1. The lowest BCUT2D eigenvalue weighted by atomic mass is 10.0. The van der Waals surface area contributed by atoms with Crippen LogP contribution in [0.4, 0.5) is 4.79 Å². The van der Waals surface area contributed by atoms with Gasteiger partial charge in [0.2, 0.25) is 0 Å². The van der Waals surface area contributed by atoms with Gasteiger partial charge >= 0.3 is 12.0 Å². The SMILES string of the molecule is CCCN(C(=O)NCC(C)(C)SC)C1COCC1C(=O)O. The Morgan fingerprint density at radius 1 is 1.43 bits per heavy atom. The number of amides is 2. The van der Waals surface area contributed by atoms with Crippen LogP contribution in [-0.2, 0) is 9.53 Å². The number of hydrogen-bond acceptors (Lipinski definition) is 4. The van der Waals surface area contributed by atoms with E-state index in [0.29, 0.717) is 13.1 Å². The first-order valence-corrected chi connectivity index (χ1v) is 8.45. The number of carbonyl (C=O) groups is 2. The van der Waals surface area contributed by atoms with Gasteiger partial charge in [0.25, 0.3) is 0 Å². The average Bonchev–Trinajstić information content (AvgIpc) is 2.91. The number of carboxylic acid groups (broad SMARTS) is 1. The van der Waals surface area contributed by atoms with E-state index in [2.05, 4.69) is 19.2 Å². The molecular formula is C14H26N2O4S. The molecule has 7 heteroatoms. The summed E-state index contributed by atoms with van der Waals surface area (Å²) >= 11 is 1.68. The van der Waals surface area contributed by atoms with Crippen molar-refractivity contribution < 1.29 is 19.4 Å². The zero-order valence-corrected chi connectivity index (χ0v) is 14.0. The van der Waals surface area contributed by atoms with Crippen LogP contribution < -0.4 is 5.32 Å². The summed E-state index contributed by atoms with van der Waals surface area (Å²) in [5, 5.41) is 12.2. The van der Waals surface area contributed by atoms with Crippen molar-refractivity contribution in [3.63, 3.8) is 0 Å². The smallest absolute Gasteiger partial charge is 0.317 e. The molecule has 2 unspecified atom stereocenters. The number of thioether (sulfide) groups is 1. The predicted octanol–water partition coefficient (Wildman–Crippen LogP) is 1.65. The van der Waals surface area contributed by atoms with Gasteiger partial charge in [-0.25, -0.2) is 4.79 Å². The summed E-state index contributed by atoms with van der Waals surface area (Å²) in [6.07, 6.45) is 2.78. The minimum Gasteiger partial charge on any atom is -0.481 e. The summed E-state index contributed by atoms with van der Waals surface area (Å²) < 4.78 is 5.22. The lowest BCUT2D eigenvalue weighted by Gasteiger charge is -2.32. The van der Waals surface area contributed by atoms with Crippen molar-refractivity contribution in [1.82, 2.24) is 10.2 Å². The normalized spacial score (nSPS) is 22.1. The zero-order chi connectivity index (χ0) is 16.0. The quantitative estimate of drug-likeness (QED) is 0.746. The van der Waals surface area contributed by atoms with Crippen molar-refractivity contribution in [3.8, 4) is 0 Å². The second-order valence-corrected chi connectivity index (χ2v) is 7.38. The minimum absolute atomic E-state index is 0.0497. The summed E-state index contributed by atoms with van der Waals surface area (Å²) in [6, 6.07) is -0.597. The highest BCUT2D eigenvalue weighted by molar-refractivity contribution is 7.99. The number of rotatable bonds is 7. The van der Waals surface area contributed by atoms with E-state index in [4.69, 9.17) is 4.74 Å². The minimum atomic E-state index is -0.907. The van der Waals surface area contributed by atoms with Crippen molar-refractivity contribution in [3.05, 3.63) is 0 Å². The molecule has 1 saturated heterocycles. The Balaban J connectivity index is 2.72. The zero-order valence-electron chi connectivity index (χ0n) is 13.2. The Hall–Kier alpha value is -0.950. The first kappa shape index (κ1) is 18.1. The number of ether oxygens (including phenoxy) is 1. The summed E-state index contributed by atoms with van der Waals surface area (Å²) in [7, 11) is 0. The molecule has 2 atom stereocenters. The van der Waals surface area contributed by atoms with Gasteiger partial charge in [0.15, 0.2) is 0 Å². The number of hydrogen-bond donors (Lipinski definition) is 2. The lowest BCUT2D eigenvalue weighted by Crippen LogP contribution is -2.52. The molecular weight excluding hydrogens is 292 g/mol. The number of nitrogens with one attached hydrogen (secondary N) is 1. The van der Waals surface area contributed by atoms with Gasteiger partial charge in [-0.3, -0.25) is 4.79 Å². The monoisotopic (exact) mass is 318 g/mol. The van der Waals surface area contributed by atoms with Gasteiger partial charge in [0.1, 0.15) is 5.92 Å². The molecule has 0 bridgehead atoms. The van der Waals surface area contributed by atoms with Gasteiger partial charge in [-0.15, -0.1) is 0 Å². The summed E-state index contributed by atoms with van der Waals surface area (Å²) in [5.74, 6) is -1.55. The molecule has 0 radical (unpaired) electrons. The van der Waals surface area contributed by atoms with Crippen molar-refractivity contribution >= 4 is 23.8 Å². The molecule has 6 nitrogen and oxygen atoms in total. The van der Waals surface area contributed by atoms with Crippen molar-refractivity contribution in [2.45, 2.75) is 38.0 Å². The summed E-state index contributed by atoms with van der Waals surface area (Å²) in [6.45, 7) is 7.61. The number of carbonyl (C=O) groups excluding carboxylic acids is 1. The van der Waals surface area contributed by atoms with Crippen LogP contribution >= 0.6 is 11.8 Å².